The summed E-state index contributed by atoms with van der Waals surface area (Å²) < 4.78 is 62.7. The average Bonchev–Trinajstić information content (AvgIpc) is 2.84. The minimum Gasteiger partial charge on any atom is -0.367 e. The first-order valence-electron chi connectivity index (χ1n) is 15.4. The zero-order chi connectivity index (χ0) is 34.2. The summed E-state index contributed by atoms with van der Waals surface area (Å²) in [4.78, 5) is 4.86. The maximum absolute atomic E-state index is 11.4. The van der Waals surface area contributed by atoms with Gasteiger partial charge < -0.3 is 15.4 Å². The summed E-state index contributed by atoms with van der Waals surface area (Å²) in [5.41, 5.74) is 1.37. The Labute approximate surface area is 260 Å². The highest BCUT2D eigenvalue weighted by Crippen LogP contribution is 2.29. The summed E-state index contributed by atoms with van der Waals surface area (Å²) in [7, 11) is 2.17. The quantitative estimate of drug-likeness (QED) is 0.271. The van der Waals surface area contributed by atoms with E-state index in [2.05, 4.69) is 120 Å². The van der Waals surface area contributed by atoms with Crippen LogP contribution < -0.4 is 10.6 Å². The van der Waals surface area contributed by atoms with Crippen LogP contribution in [0.3, 0.4) is 0 Å². The van der Waals surface area contributed by atoms with Crippen LogP contribution in [0.2, 0.25) is 0 Å². The van der Waals surface area contributed by atoms with Crippen molar-refractivity contribution in [3.05, 3.63) is 35.9 Å². The fourth-order valence-corrected chi connectivity index (χ4v) is 4.27. The van der Waals surface area contributed by atoms with E-state index in [1.54, 1.807) is 13.8 Å². The minimum atomic E-state index is -4.08. The third-order valence-electron chi connectivity index (χ3n) is 6.55. The second kappa shape index (κ2) is 20.7. The Bertz CT molecular complexity index is 791. The van der Waals surface area contributed by atoms with E-state index in [9.17, 15) is 22.0 Å². The minimum absolute atomic E-state index is 0.00792. The highest BCUT2D eigenvalue weighted by Gasteiger charge is 2.38. The van der Waals surface area contributed by atoms with E-state index in [1.165, 1.54) is 5.56 Å². The smallest absolute Gasteiger partial charge is 0.367 e. The zero-order valence-electron chi connectivity index (χ0n) is 29.4. The summed E-state index contributed by atoms with van der Waals surface area (Å²) in [6, 6.07) is 12.4. The number of hydrogen-bond donors (Lipinski definition) is 2. The second-order valence-corrected chi connectivity index (χ2v) is 13.6. The molecule has 1 heterocycles. The van der Waals surface area contributed by atoms with Crippen molar-refractivity contribution in [3.63, 3.8) is 0 Å². The highest BCUT2D eigenvalue weighted by atomic mass is 19.4. The Morgan fingerprint density at radius 2 is 1.26 bits per heavy atom. The van der Waals surface area contributed by atoms with Crippen molar-refractivity contribution < 1.29 is 26.7 Å². The number of benzene rings is 1. The number of halogens is 5. The normalized spacial score (nSPS) is 17.3. The van der Waals surface area contributed by atoms with Gasteiger partial charge in [0, 0.05) is 43.3 Å². The molecule has 1 fully saturated rings. The number of nitrogens with one attached hydrogen (secondary N) is 2. The standard InChI is InChI=1S/C12H19N.C11H23NO.C5H10F3N.C5H11F2N/c1-10(2)13(4)11(3)12-8-6-5-7-9-12;1-9(2)12-7-10(3,4)13-11(5,6)8-12;1-4(2)9-3-5(6,7)8;1-4(2)8-3-5(6)7/h5-11H,1-4H3;9H,7-8H2,1-6H3;4,9H,3H2,1-2H3;4-5,8H,3H2,1-2H3/t11-;;;/m1.../s1. The van der Waals surface area contributed by atoms with E-state index in [1.807, 2.05) is 13.8 Å². The van der Waals surface area contributed by atoms with Crippen LogP contribution in [0.25, 0.3) is 0 Å². The molecule has 1 aliphatic rings. The number of hydrogen-bond acceptors (Lipinski definition) is 5. The first-order valence-corrected chi connectivity index (χ1v) is 15.4. The fourth-order valence-electron chi connectivity index (χ4n) is 4.27. The van der Waals surface area contributed by atoms with Gasteiger partial charge in [-0.25, -0.2) is 8.78 Å². The molecular weight excluding hydrogens is 563 g/mol. The summed E-state index contributed by atoms with van der Waals surface area (Å²) in [6.07, 6.45) is -6.30. The molecule has 0 unspecified atom stereocenters. The van der Waals surface area contributed by atoms with Gasteiger partial charge in [0.25, 0.3) is 6.43 Å². The molecule has 0 spiro atoms. The monoisotopic (exact) mass is 626 g/mol. The highest BCUT2D eigenvalue weighted by molar-refractivity contribution is 5.18. The lowest BCUT2D eigenvalue weighted by Gasteiger charge is -2.48. The molecule has 2 N–H and O–H groups in total. The van der Waals surface area contributed by atoms with Crippen molar-refractivity contribution in [2.24, 2.45) is 0 Å². The molecule has 2 rings (SSSR count). The van der Waals surface area contributed by atoms with Crippen LogP contribution in [-0.2, 0) is 4.74 Å². The van der Waals surface area contributed by atoms with Gasteiger partial charge in [-0.15, -0.1) is 0 Å². The number of alkyl halides is 5. The van der Waals surface area contributed by atoms with Gasteiger partial charge in [0.15, 0.2) is 0 Å². The van der Waals surface area contributed by atoms with Crippen molar-refractivity contribution in [2.75, 3.05) is 33.2 Å². The topological polar surface area (TPSA) is 39.8 Å². The largest absolute Gasteiger partial charge is 0.401 e. The zero-order valence-corrected chi connectivity index (χ0v) is 29.4. The van der Waals surface area contributed by atoms with Crippen molar-refractivity contribution in [3.8, 4) is 0 Å². The molecular formula is C33H63F5N4O. The fraction of sp³-hybridized carbons (Fsp3) is 0.818. The summed E-state index contributed by atoms with van der Waals surface area (Å²) >= 11 is 0. The molecule has 0 radical (unpaired) electrons. The van der Waals surface area contributed by atoms with Gasteiger partial charge in [-0.05, 0) is 74.9 Å². The SMILES string of the molecule is CC(C)N(C)[C@H](C)c1ccccc1.CC(C)N1CC(C)(C)OC(C)(C)C1.CC(C)NCC(F)(F)F.CC(C)NCC(F)F. The first kappa shape index (κ1) is 43.8. The lowest BCUT2D eigenvalue weighted by molar-refractivity contribution is -0.185. The second-order valence-electron chi connectivity index (χ2n) is 13.6. The predicted octanol–water partition coefficient (Wildman–Crippen LogP) is 8.17. The van der Waals surface area contributed by atoms with E-state index < -0.39 is 19.1 Å². The first-order chi connectivity index (χ1) is 19.4. The van der Waals surface area contributed by atoms with E-state index in [-0.39, 0.29) is 29.8 Å². The lowest BCUT2D eigenvalue weighted by atomic mass is 9.98. The van der Waals surface area contributed by atoms with Crippen LogP contribution >= 0.6 is 0 Å². The van der Waals surface area contributed by atoms with Crippen molar-refractivity contribution in [1.82, 2.24) is 20.4 Å². The molecule has 1 saturated heterocycles. The van der Waals surface area contributed by atoms with E-state index in [0.717, 1.165) is 13.1 Å². The van der Waals surface area contributed by atoms with Crippen LogP contribution in [0.4, 0.5) is 22.0 Å². The van der Waals surface area contributed by atoms with Gasteiger partial charge in [0.2, 0.25) is 0 Å². The van der Waals surface area contributed by atoms with Gasteiger partial charge >= 0.3 is 6.18 Å². The van der Waals surface area contributed by atoms with Gasteiger partial charge in [0.1, 0.15) is 0 Å². The van der Waals surface area contributed by atoms with E-state index in [4.69, 9.17) is 4.74 Å². The van der Waals surface area contributed by atoms with Gasteiger partial charge in [-0.1, -0.05) is 58.0 Å². The Kier molecular flexibility index (Phi) is 21.0. The molecule has 1 aliphatic heterocycles. The van der Waals surface area contributed by atoms with Gasteiger partial charge in [0.05, 0.1) is 24.3 Å². The molecule has 0 amide bonds. The number of ether oxygens (including phenoxy) is 1. The number of nitrogens with zero attached hydrogens (tertiary/aromatic N) is 2. The molecule has 10 heteroatoms. The van der Waals surface area contributed by atoms with Crippen molar-refractivity contribution >= 4 is 0 Å². The third-order valence-corrected chi connectivity index (χ3v) is 6.55. The Morgan fingerprint density at radius 1 is 0.814 bits per heavy atom. The molecule has 0 saturated carbocycles. The molecule has 1 atom stereocenters. The molecule has 0 aliphatic carbocycles. The predicted molar refractivity (Wildman–Crippen MR) is 172 cm³/mol. The van der Waals surface area contributed by atoms with Crippen molar-refractivity contribution in [1.29, 1.82) is 0 Å². The summed E-state index contributed by atoms with van der Waals surface area (Å²) in [6.45, 7) is 27.9. The van der Waals surface area contributed by atoms with E-state index in [0.29, 0.717) is 18.1 Å². The average molecular weight is 627 g/mol. The third kappa shape index (κ3) is 24.7. The molecule has 5 nitrogen and oxygen atoms in total. The summed E-state index contributed by atoms with van der Waals surface area (Å²) in [5.74, 6) is 0. The molecule has 256 valence electrons. The lowest BCUT2D eigenvalue weighted by Crippen LogP contribution is -2.58. The summed E-state index contributed by atoms with van der Waals surface area (Å²) in [5, 5.41) is 4.86. The molecule has 1 aromatic rings. The van der Waals surface area contributed by atoms with Crippen LogP contribution in [0.1, 0.15) is 102 Å². The Hall–Kier alpha value is -1.33. The van der Waals surface area contributed by atoms with Crippen LogP contribution in [0.5, 0.6) is 0 Å². The van der Waals surface area contributed by atoms with Crippen molar-refractivity contribution in [2.45, 2.75) is 144 Å². The maximum Gasteiger partial charge on any atom is 0.401 e. The Balaban J connectivity index is 0. The molecule has 0 bridgehead atoms. The Morgan fingerprint density at radius 3 is 1.53 bits per heavy atom. The van der Waals surface area contributed by atoms with E-state index >= 15 is 0 Å². The van der Waals surface area contributed by atoms with Crippen LogP contribution in [0.15, 0.2) is 30.3 Å². The maximum atomic E-state index is 11.4. The molecule has 0 aromatic heterocycles. The number of morpholine rings is 1. The van der Waals surface area contributed by atoms with Crippen LogP contribution in [-0.4, -0.2) is 91.0 Å². The van der Waals surface area contributed by atoms with Gasteiger partial charge in [-0.3, -0.25) is 9.80 Å². The molecule has 43 heavy (non-hydrogen) atoms. The molecule has 1 aromatic carbocycles. The van der Waals surface area contributed by atoms with Gasteiger partial charge in [-0.2, -0.15) is 13.2 Å². The van der Waals surface area contributed by atoms with Crippen LogP contribution in [0, 0.1) is 0 Å². The number of rotatable bonds is 9.